The standard InChI is InChI=1S/C9H17NO4/c1-5-8(9(11)13-3)6(10)4-7(12-2)14-5/h5-8H,4,10H2,1-3H3. The second-order valence-electron chi connectivity index (χ2n) is 3.45. The molecular weight excluding hydrogens is 186 g/mol. The lowest BCUT2D eigenvalue weighted by molar-refractivity contribution is -0.205. The lowest BCUT2D eigenvalue weighted by Crippen LogP contribution is -2.51. The molecular formula is C9H17NO4. The number of rotatable bonds is 2. The van der Waals surface area contributed by atoms with Gasteiger partial charge in [0.15, 0.2) is 6.29 Å². The molecule has 14 heavy (non-hydrogen) atoms. The topological polar surface area (TPSA) is 70.8 Å². The number of esters is 1. The lowest BCUT2D eigenvalue weighted by atomic mass is 9.90. The van der Waals surface area contributed by atoms with E-state index in [-0.39, 0.29) is 24.4 Å². The van der Waals surface area contributed by atoms with Gasteiger partial charge >= 0.3 is 5.97 Å². The van der Waals surface area contributed by atoms with E-state index in [9.17, 15) is 4.79 Å². The second kappa shape index (κ2) is 4.72. The van der Waals surface area contributed by atoms with Crippen LogP contribution in [0.2, 0.25) is 0 Å². The number of methoxy groups -OCH3 is 2. The summed E-state index contributed by atoms with van der Waals surface area (Å²) in [6, 6.07) is -0.267. The molecule has 1 heterocycles. The smallest absolute Gasteiger partial charge is 0.312 e. The SMILES string of the molecule is COC(=O)C1C(N)CC(OC)OC1C. The first-order chi connectivity index (χ1) is 6.60. The molecule has 4 atom stereocenters. The summed E-state index contributed by atoms with van der Waals surface area (Å²) in [4.78, 5) is 11.4. The Kier molecular flexibility index (Phi) is 3.86. The molecule has 0 radical (unpaired) electrons. The summed E-state index contributed by atoms with van der Waals surface area (Å²) in [6.45, 7) is 1.80. The Hall–Kier alpha value is -0.650. The van der Waals surface area contributed by atoms with Gasteiger partial charge in [-0.15, -0.1) is 0 Å². The summed E-state index contributed by atoms with van der Waals surface area (Å²) in [6.07, 6.45) is -0.0716. The highest BCUT2D eigenvalue weighted by Gasteiger charge is 2.39. The molecule has 2 N–H and O–H groups in total. The Balaban J connectivity index is 2.65. The van der Waals surface area contributed by atoms with Crippen molar-refractivity contribution in [1.29, 1.82) is 0 Å². The molecule has 5 heteroatoms. The number of ether oxygens (including phenoxy) is 3. The quantitative estimate of drug-likeness (QED) is 0.634. The summed E-state index contributed by atoms with van der Waals surface area (Å²) >= 11 is 0. The zero-order chi connectivity index (χ0) is 10.7. The highest BCUT2D eigenvalue weighted by atomic mass is 16.7. The van der Waals surface area contributed by atoms with E-state index in [2.05, 4.69) is 4.74 Å². The van der Waals surface area contributed by atoms with Crippen LogP contribution in [0, 0.1) is 5.92 Å². The first-order valence-corrected chi connectivity index (χ1v) is 4.61. The van der Waals surface area contributed by atoms with Crippen molar-refractivity contribution in [2.24, 2.45) is 11.7 Å². The van der Waals surface area contributed by atoms with E-state index < -0.39 is 5.92 Å². The zero-order valence-electron chi connectivity index (χ0n) is 8.73. The molecule has 1 aliphatic rings. The molecule has 0 bridgehead atoms. The van der Waals surface area contributed by atoms with Crippen molar-refractivity contribution in [2.45, 2.75) is 31.8 Å². The number of nitrogens with two attached hydrogens (primary N) is 1. The molecule has 0 aromatic heterocycles. The van der Waals surface area contributed by atoms with Crippen LogP contribution in [-0.4, -0.2) is 38.6 Å². The zero-order valence-corrected chi connectivity index (χ0v) is 8.73. The third-order valence-electron chi connectivity index (χ3n) is 2.53. The molecule has 1 rings (SSSR count). The van der Waals surface area contributed by atoms with Gasteiger partial charge in [-0.25, -0.2) is 0 Å². The summed E-state index contributed by atoms with van der Waals surface area (Å²) in [5.41, 5.74) is 5.85. The molecule has 1 saturated heterocycles. The van der Waals surface area contributed by atoms with Crippen LogP contribution in [0.3, 0.4) is 0 Å². The Bertz CT molecular complexity index is 197. The maximum absolute atomic E-state index is 11.4. The normalized spacial score (nSPS) is 38.0. The van der Waals surface area contributed by atoms with Gasteiger partial charge in [0.25, 0.3) is 0 Å². The van der Waals surface area contributed by atoms with Gasteiger partial charge in [-0.3, -0.25) is 4.79 Å². The van der Waals surface area contributed by atoms with Crippen LogP contribution in [0.4, 0.5) is 0 Å². The van der Waals surface area contributed by atoms with Crippen LogP contribution in [0.1, 0.15) is 13.3 Å². The molecule has 0 amide bonds. The molecule has 0 spiro atoms. The largest absolute Gasteiger partial charge is 0.469 e. The number of hydrogen-bond donors (Lipinski definition) is 1. The summed E-state index contributed by atoms with van der Waals surface area (Å²) < 4.78 is 15.1. The maximum Gasteiger partial charge on any atom is 0.312 e. The molecule has 4 unspecified atom stereocenters. The van der Waals surface area contributed by atoms with E-state index in [4.69, 9.17) is 15.2 Å². The van der Waals surface area contributed by atoms with Gasteiger partial charge in [0.1, 0.15) is 0 Å². The number of carbonyl (C=O) groups is 1. The van der Waals surface area contributed by atoms with Gasteiger partial charge < -0.3 is 19.9 Å². The van der Waals surface area contributed by atoms with Crippen LogP contribution < -0.4 is 5.73 Å². The van der Waals surface area contributed by atoms with Gasteiger partial charge in [0.05, 0.1) is 19.1 Å². The van der Waals surface area contributed by atoms with Crippen LogP contribution in [0.5, 0.6) is 0 Å². The number of hydrogen-bond acceptors (Lipinski definition) is 5. The molecule has 0 aromatic rings. The van der Waals surface area contributed by atoms with Crippen LogP contribution >= 0.6 is 0 Å². The monoisotopic (exact) mass is 203 g/mol. The first kappa shape index (κ1) is 11.4. The van der Waals surface area contributed by atoms with Crippen molar-refractivity contribution >= 4 is 5.97 Å². The predicted octanol–water partition coefficient (Wildman–Crippen LogP) is -0.116. The van der Waals surface area contributed by atoms with E-state index >= 15 is 0 Å². The van der Waals surface area contributed by atoms with Gasteiger partial charge in [-0.05, 0) is 6.92 Å². The minimum Gasteiger partial charge on any atom is -0.469 e. The average molecular weight is 203 g/mol. The lowest BCUT2D eigenvalue weighted by Gasteiger charge is -2.36. The summed E-state index contributed by atoms with van der Waals surface area (Å²) in [7, 11) is 2.91. The van der Waals surface area contributed by atoms with E-state index in [1.165, 1.54) is 7.11 Å². The van der Waals surface area contributed by atoms with Gasteiger partial charge in [0, 0.05) is 19.6 Å². The van der Waals surface area contributed by atoms with Gasteiger partial charge in [-0.1, -0.05) is 0 Å². The molecule has 82 valence electrons. The molecule has 0 aliphatic carbocycles. The summed E-state index contributed by atoms with van der Waals surface area (Å²) in [5, 5.41) is 0. The second-order valence-corrected chi connectivity index (χ2v) is 3.45. The van der Waals surface area contributed by atoms with Crippen molar-refractivity contribution < 1.29 is 19.0 Å². The van der Waals surface area contributed by atoms with Crippen molar-refractivity contribution in [3.05, 3.63) is 0 Å². The van der Waals surface area contributed by atoms with E-state index in [1.54, 1.807) is 14.0 Å². The van der Waals surface area contributed by atoms with Crippen molar-refractivity contribution in [3.8, 4) is 0 Å². The minimum absolute atomic E-state index is 0.267. The number of carbonyl (C=O) groups excluding carboxylic acids is 1. The average Bonchev–Trinajstić information content (AvgIpc) is 2.16. The highest BCUT2D eigenvalue weighted by Crippen LogP contribution is 2.25. The maximum atomic E-state index is 11.4. The Morgan fingerprint density at radius 2 is 2.14 bits per heavy atom. The molecule has 1 fully saturated rings. The van der Waals surface area contributed by atoms with Crippen LogP contribution in [0.25, 0.3) is 0 Å². The van der Waals surface area contributed by atoms with Crippen molar-refractivity contribution in [1.82, 2.24) is 0 Å². The van der Waals surface area contributed by atoms with Gasteiger partial charge in [-0.2, -0.15) is 0 Å². The van der Waals surface area contributed by atoms with Crippen molar-refractivity contribution in [3.63, 3.8) is 0 Å². The van der Waals surface area contributed by atoms with E-state index in [0.717, 1.165) is 0 Å². The minimum atomic E-state index is -0.397. The third kappa shape index (κ3) is 2.23. The van der Waals surface area contributed by atoms with Gasteiger partial charge in [0.2, 0.25) is 0 Å². The fourth-order valence-electron chi connectivity index (χ4n) is 1.75. The van der Waals surface area contributed by atoms with Crippen LogP contribution in [0.15, 0.2) is 0 Å². The Morgan fingerprint density at radius 3 is 2.57 bits per heavy atom. The molecule has 5 nitrogen and oxygen atoms in total. The predicted molar refractivity (Wildman–Crippen MR) is 49.4 cm³/mol. The first-order valence-electron chi connectivity index (χ1n) is 4.61. The molecule has 1 aliphatic heterocycles. The Labute approximate surface area is 83.5 Å². The highest BCUT2D eigenvalue weighted by molar-refractivity contribution is 5.73. The fourth-order valence-corrected chi connectivity index (χ4v) is 1.75. The van der Waals surface area contributed by atoms with Crippen LogP contribution in [-0.2, 0) is 19.0 Å². The third-order valence-corrected chi connectivity index (χ3v) is 2.53. The molecule has 0 aromatic carbocycles. The van der Waals surface area contributed by atoms with E-state index in [0.29, 0.717) is 6.42 Å². The summed E-state index contributed by atoms with van der Waals surface area (Å²) in [5.74, 6) is -0.717. The molecule has 0 saturated carbocycles. The van der Waals surface area contributed by atoms with Crippen molar-refractivity contribution in [2.75, 3.05) is 14.2 Å². The fraction of sp³-hybridized carbons (Fsp3) is 0.889. The Morgan fingerprint density at radius 1 is 1.50 bits per heavy atom. The van der Waals surface area contributed by atoms with E-state index in [1.807, 2.05) is 0 Å².